The summed E-state index contributed by atoms with van der Waals surface area (Å²) in [6.45, 7) is 2.23. The molecule has 6 rings (SSSR count). The van der Waals surface area contributed by atoms with Gasteiger partial charge in [-0.3, -0.25) is 0 Å². The maximum Gasteiger partial charge on any atom is 0.341 e. The van der Waals surface area contributed by atoms with Crippen molar-refractivity contribution in [3.8, 4) is 11.1 Å². The highest BCUT2D eigenvalue weighted by molar-refractivity contribution is 7.65. The normalized spacial score (nSPS) is 12.4. The van der Waals surface area contributed by atoms with Crippen LogP contribution in [-0.2, 0) is 25.7 Å². The second-order valence-corrected chi connectivity index (χ2v) is 44.5. The Morgan fingerprint density at radius 3 is 0.815 bits per heavy atom. The van der Waals surface area contributed by atoms with Crippen LogP contribution in [0.2, 0.25) is 18.1 Å². The van der Waals surface area contributed by atoms with Gasteiger partial charge in [0.15, 0.2) is 0 Å². The summed E-state index contributed by atoms with van der Waals surface area (Å²) >= 11 is 55.3. The van der Waals surface area contributed by atoms with Gasteiger partial charge in [-0.05, 0) is 160 Å². The highest BCUT2D eigenvalue weighted by Gasteiger charge is 2.25. The maximum atomic E-state index is 6.15. The molecule has 0 nitrogen and oxygen atoms in total. The van der Waals surface area contributed by atoms with Crippen LogP contribution in [0, 0.1) is 0 Å². The molecule has 0 radical (unpaired) electrons. The van der Waals surface area contributed by atoms with Crippen molar-refractivity contribution in [1.82, 2.24) is 0 Å². The molecule has 0 aliphatic carbocycles. The number of unbranched alkanes of at least 4 members (excludes halogenated alkanes) is 1. The van der Waals surface area contributed by atoms with Crippen molar-refractivity contribution in [1.29, 1.82) is 0 Å². The molecule has 0 saturated carbocycles. The first kappa shape index (κ1) is 52.4. The molecule has 0 fully saturated rings. The Morgan fingerprint density at radius 2 is 0.585 bits per heavy atom. The fourth-order valence-corrected chi connectivity index (χ4v) is 13.1. The summed E-state index contributed by atoms with van der Waals surface area (Å²) < 4.78 is 0. The summed E-state index contributed by atoms with van der Waals surface area (Å²) in [6.07, 6.45) is 13.2. The maximum absolute atomic E-state index is 6.15. The van der Waals surface area contributed by atoms with E-state index in [-0.39, 0.29) is 0 Å². The average Bonchev–Trinajstić information content (AvgIpc) is 3.27. The van der Waals surface area contributed by atoms with E-state index in [1.54, 1.807) is 0 Å². The molecule has 340 valence electrons. The Labute approximate surface area is 432 Å². The minimum absolute atomic E-state index is 0.646. The number of benzene rings is 6. The van der Waals surface area contributed by atoms with Gasteiger partial charge in [-0.15, -0.1) is 99.7 Å². The number of halogens is 9. The highest BCUT2D eigenvalue weighted by atomic mass is 35.9. The third-order valence-corrected chi connectivity index (χ3v) is 19.3. The molecule has 0 spiro atoms. The van der Waals surface area contributed by atoms with Crippen LogP contribution in [-0.4, -0.2) is 18.0 Å². The van der Waals surface area contributed by atoms with Gasteiger partial charge < -0.3 is 0 Å². The molecule has 0 bridgehead atoms. The van der Waals surface area contributed by atoms with E-state index < -0.39 is 18.0 Å². The van der Waals surface area contributed by atoms with Crippen LogP contribution in [0.4, 0.5) is 0 Å². The van der Waals surface area contributed by atoms with Crippen LogP contribution in [0.25, 0.3) is 34.4 Å². The zero-order chi connectivity index (χ0) is 46.5. The van der Waals surface area contributed by atoms with E-state index in [0.29, 0.717) is 18.1 Å². The van der Waals surface area contributed by atoms with Gasteiger partial charge in [-0.1, -0.05) is 159 Å². The minimum atomic E-state index is -2.64. The Morgan fingerprint density at radius 1 is 0.338 bits per heavy atom. The first-order valence-corrected chi connectivity index (χ1v) is 37.9. The van der Waals surface area contributed by atoms with Gasteiger partial charge in [-0.25, -0.2) is 0 Å². The molecule has 0 heterocycles. The van der Waals surface area contributed by atoms with Crippen LogP contribution < -0.4 is 0 Å². The lowest BCUT2D eigenvalue weighted by atomic mass is 9.92. The van der Waals surface area contributed by atoms with Gasteiger partial charge in [-0.2, -0.15) is 0 Å². The van der Waals surface area contributed by atoms with Gasteiger partial charge in [0.2, 0.25) is 0 Å². The molecule has 0 atom stereocenters. The fraction of sp³-hybridized carbons (Fsp3) is 0.245. The van der Waals surface area contributed by atoms with Gasteiger partial charge >= 0.3 is 18.0 Å². The van der Waals surface area contributed by atoms with Crippen molar-refractivity contribution in [2.75, 3.05) is 0 Å². The SMILES string of the molecule is CCCCc1ccc(/C(=C/c2ccc(-c3ccc(C=C(c4ccc(CCC[Si](Cl)(Cl)Cl)cc4)c4ccc(CCC[Si](Cl)(Cl)Cl)cc4)cc3)cc2)c2ccc(CCC[Si](Cl)(Cl)Cl)cc2)cc1. The summed E-state index contributed by atoms with van der Waals surface area (Å²) in [4.78, 5) is 0. The first-order chi connectivity index (χ1) is 31.0. The van der Waals surface area contributed by atoms with Gasteiger partial charge in [0.1, 0.15) is 0 Å². The first-order valence-electron chi connectivity index (χ1n) is 22.2. The molecule has 6 aromatic rings. The predicted molar refractivity (Wildman–Crippen MR) is 300 cm³/mol. The summed E-state index contributed by atoms with van der Waals surface area (Å²) in [5.74, 6) is 0. The van der Waals surface area contributed by atoms with Gasteiger partial charge in [0.25, 0.3) is 0 Å². The lowest BCUT2D eigenvalue weighted by Gasteiger charge is -2.13. The highest BCUT2D eigenvalue weighted by Crippen LogP contribution is 2.33. The second-order valence-electron chi connectivity index (χ2n) is 16.7. The van der Waals surface area contributed by atoms with Crippen LogP contribution in [0.3, 0.4) is 0 Å². The molecule has 0 N–H and O–H groups in total. The molecule has 0 aliphatic heterocycles. The Balaban J connectivity index is 1.23. The van der Waals surface area contributed by atoms with Crippen molar-refractivity contribution >= 4 is 141 Å². The number of aryl methyl sites for hydroxylation is 4. The zero-order valence-corrected chi connectivity index (χ0v) is 46.2. The van der Waals surface area contributed by atoms with Gasteiger partial charge in [0.05, 0.1) is 0 Å². The van der Waals surface area contributed by atoms with Crippen LogP contribution in [0.1, 0.15) is 94.7 Å². The molecule has 0 saturated heterocycles. The van der Waals surface area contributed by atoms with Crippen LogP contribution in [0.15, 0.2) is 146 Å². The molecular formula is C53H53Cl9Si3. The topological polar surface area (TPSA) is 0 Å². The van der Waals surface area contributed by atoms with E-state index in [2.05, 4.69) is 165 Å². The Kier molecular flexibility index (Phi) is 20.2. The molecule has 0 aliphatic rings. The summed E-state index contributed by atoms with van der Waals surface area (Å²) in [5.41, 5.74) is 16.6. The van der Waals surface area contributed by atoms with E-state index in [9.17, 15) is 0 Å². The van der Waals surface area contributed by atoms with E-state index in [0.717, 1.165) is 83.9 Å². The smallest absolute Gasteiger partial charge is 0.126 e. The van der Waals surface area contributed by atoms with Gasteiger partial charge in [0, 0.05) is 0 Å². The standard InChI is InChI=1S/C53H53Cl9Si3/c1-2-3-7-40-11-27-48(28-12-40)52(49-29-13-41(14-30-49)8-4-35-63(54,55)56)38-44-19-23-46(24-20-44)47-25-21-45(22-26-47)39-53(50-31-15-42(16-32-50)9-5-36-64(57,58)59)51-33-17-43(18-34-51)10-6-37-65(60,61)62/h11-34,38-39H,2-10,35-37H2,1H3/b52-38-. The summed E-state index contributed by atoms with van der Waals surface area (Å²) in [7, 11) is 0. The third kappa shape index (κ3) is 18.1. The minimum Gasteiger partial charge on any atom is -0.126 e. The molecule has 0 unspecified atom stereocenters. The molecule has 0 amide bonds. The fourth-order valence-electron chi connectivity index (χ4n) is 7.81. The van der Waals surface area contributed by atoms with Crippen molar-refractivity contribution in [2.45, 2.75) is 82.8 Å². The van der Waals surface area contributed by atoms with Crippen molar-refractivity contribution < 1.29 is 0 Å². The van der Waals surface area contributed by atoms with Crippen LogP contribution >= 0.6 is 99.7 Å². The Bertz CT molecular complexity index is 2380. The molecule has 65 heavy (non-hydrogen) atoms. The van der Waals surface area contributed by atoms with Crippen molar-refractivity contribution in [3.05, 3.63) is 201 Å². The molecule has 0 aromatic heterocycles. The van der Waals surface area contributed by atoms with Crippen molar-refractivity contribution in [2.24, 2.45) is 0 Å². The quantitative estimate of drug-likeness (QED) is 0.0361. The van der Waals surface area contributed by atoms with E-state index in [4.69, 9.17) is 99.7 Å². The second kappa shape index (κ2) is 25.1. The third-order valence-electron chi connectivity index (χ3n) is 11.4. The summed E-state index contributed by atoms with van der Waals surface area (Å²) in [5, 5.41) is 0. The predicted octanol–water partition coefficient (Wildman–Crippen LogP) is 19.6. The number of hydrogen-bond donors (Lipinski definition) is 0. The Hall–Kier alpha value is -1.94. The van der Waals surface area contributed by atoms with E-state index in [1.165, 1.54) is 51.8 Å². The lowest BCUT2D eigenvalue weighted by molar-refractivity contribution is 0.795. The monoisotopic (exact) mass is 1090 g/mol. The largest absolute Gasteiger partial charge is 0.341 e. The number of hydrogen-bond acceptors (Lipinski definition) is 0. The zero-order valence-electron chi connectivity index (χ0n) is 36.4. The lowest BCUT2D eigenvalue weighted by Crippen LogP contribution is -2.08. The average molecular weight is 1090 g/mol. The summed E-state index contributed by atoms with van der Waals surface area (Å²) in [6, 6.07) is 47.1. The number of rotatable bonds is 22. The molecule has 12 heteroatoms. The van der Waals surface area contributed by atoms with E-state index >= 15 is 0 Å². The molecule has 6 aromatic carbocycles. The van der Waals surface area contributed by atoms with Crippen molar-refractivity contribution in [3.63, 3.8) is 0 Å². The van der Waals surface area contributed by atoms with E-state index in [1.807, 2.05) is 0 Å². The molecular weight excluding hydrogens is 1040 g/mol. The van der Waals surface area contributed by atoms with Crippen LogP contribution in [0.5, 0.6) is 0 Å².